The van der Waals surface area contributed by atoms with Gasteiger partial charge in [-0.1, -0.05) is 30.3 Å². The van der Waals surface area contributed by atoms with E-state index in [2.05, 4.69) is 59.9 Å². The van der Waals surface area contributed by atoms with E-state index in [0.717, 1.165) is 27.8 Å². The highest BCUT2D eigenvalue weighted by Crippen LogP contribution is 2.32. The van der Waals surface area contributed by atoms with Gasteiger partial charge in [-0.05, 0) is 33.8 Å². The molecular formula is C19H22N4. The van der Waals surface area contributed by atoms with Crippen LogP contribution in [0.2, 0.25) is 0 Å². The van der Waals surface area contributed by atoms with Crippen molar-refractivity contribution in [3.63, 3.8) is 0 Å². The number of nitrogens with zero attached hydrogens (tertiary/aromatic N) is 4. The van der Waals surface area contributed by atoms with Crippen molar-refractivity contribution >= 4 is 16.6 Å². The zero-order chi connectivity index (χ0) is 16.4. The van der Waals surface area contributed by atoms with Crippen molar-refractivity contribution in [3.8, 4) is 11.3 Å². The molecule has 1 aromatic carbocycles. The first-order valence-electron chi connectivity index (χ1n) is 8.03. The number of hydrogen-bond acceptors (Lipinski definition) is 4. The maximum atomic E-state index is 4.56. The predicted octanol–water partition coefficient (Wildman–Crippen LogP) is 4.32. The van der Waals surface area contributed by atoms with Crippen molar-refractivity contribution in [2.24, 2.45) is 0 Å². The molecule has 118 valence electrons. The van der Waals surface area contributed by atoms with Crippen LogP contribution in [0, 0.1) is 0 Å². The molecular weight excluding hydrogens is 284 g/mol. The standard InChI is InChI=1S/C19H22N4/c1-13(2)23(14(3)4)19-17-12-20-11-10-16(17)18(21-22-19)15-8-6-5-7-9-15/h5-14H,1-4H3. The molecule has 23 heavy (non-hydrogen) atoms. The Balaban J connectivity index is 2.25. The van der Waals surface area contributed by atoms with Crippen LogP contribution in [-0.4, -0.2) is 27.3 Å². The molecule has 0 amide bonds. The second-order valence-electron chi connectivity index (χ2n) is 6.25. The number of aromatic nitrogens is 3. The molecule has 0 spiro atoms. The number of fused-ring (bicyclic) bond motifs is 1. The third-order valence-electron chi connectivity index (χ3n) is 3.97. The molecule has 4 heteroatoms. The number of pyridine rings is 1. The Morgan fingerprint density at radius 1 is 0.826 bits per heavy atom. The SMILES string of the molecule is CC(C)N(c1nnc(-c2ccccc2)c2ccncc12)C(C)C. The smallest absolute Gasteiger partial charge is 0.161 e. The van der Waals surface area contributed by atoms with E-state index in [0.29, 0.717) is 12.1 Å². The lowest BCUT2D eigenvalue weighted by molar-refractivity contribution is 0.599. The van der Waals surface area contributed by atoms with Gasteiger partial charge in [0.2, 0.25) is 0 Å². The van der Waals surface area contributed by atoms with Gasteiger partial charge in [0.15, 0.2) is 5.82 Å². The van der Waals surface area contributed by atoms with Gasteiger partial charge in [0.1, 0.15) is 5.69 Å². The third kappa shape index (κ3) is 2.89. The highest BCUT2D eigenvalue weighted by Gasteiger charge is 2.20. The van der Waals surface area contributed by atoms with Crippen molar-refractivity contribution in [1.29, 1.82) is 0 Å². The van der Waals surface area contributed by atoms with Gasteiger partial charge in [0, 0.05) is 40.8 Å². The average molecular weight is 306 g/mol. The van der Waals surface area contributed by atoms with Crippen LogP contribution in [0.1, 0.15) is 27.7 Å². The summed E-state index contributed by atoms with van der Waals surface area (Å²) in [4.78, 5) is 6.60. The lowest BCUT2D eigenvalue weighted by Crippen LogP contribution is -2.38. The Bertz CT molecular complexity index is 789. The quantitative estimate of drug-likeness (QED) is 0.720. The van der Waals surface area contributed by atoms with E-state index in [1.165, 1.54) is 0 Å². The molecule has 0 aliphatic rings. The van der Waals surface area contributed by atoms with Crippen molar-refractivity contribution in [1.82, 2.24) is 15.2 Å². The van der Waals surface area contributed by atoms with Gasteiger partial charge in [-0.2, -0.15) is 0 Å². The summed E-state index contributed by atoms with van der Waals surface area (Å²) in [6.07, 6.45) is 3.71. The van der Waals surface area contributed by atoms with Crippen molar-refractivity contribution < 1.29 is 0 Å². The van der Waals surface area contributed by atoms with Crippen LogP contribution in [-0.2, 0) is 0 Å². The maximum Gasteiger partial charge on any atom is 0.161 e. The summed E-state index contributed by atoms with van der Waals surface area (Å²) < 4.78 is 0. The molecule has 0 unspecified atom stereocenters. The molecule has 0 atom stereocenters. The van der Waals surface area contributed by atoms with Gasteiger partial charge >= 0.3 is 0 Å². The molecule has 0 aliphatic carbocycles. The fourth-order valence-corrected chi connectivity index (χ4v) is 3.07. The van der Waals surface area contributed by atoms with Crippen LogP contribution in [0.4, 0.5) is 5.82 Å². The van der Waals surface area contributed by atoms with Crippen LogP contribution in [0.15, 0.2) is 48.8 Å². The van der Waals surface area contributed by atoms with E-state index in [1.54, 1.807) is 0 Å². The van der Waals surface area contributed by atoms with Gasteiger partial charge in [0.05, 0.1) is 0 Å². The average Bonchev–Trinajstić information content (AvgIpc) is 2.55. The Labute approximate surface area is 137 Å². The van der Waals surface area contributed by atoms with Crippen molar-refractivity contribution in [2.75, 3.05) is 4.90 Å². The zero-order valence-corrected chi connectivity index (χ0v) is 14.1. The minimum absolute atomic E-state index is 0.343. The van der Waals surface area contributed by atoms with Crippen LogP contribution in [0.3, 0.4) is 0 Å². The topological polar surface area (TPSA) is 41.9 Å². The van der Waals surface area contributed by atoms with Gasteiger partial charge in [-0.3, -0.25) is 4.98 Å². The Kier molecular flexibility index (Phi) is 4.24. The van der Waals surface area contributed by atoms with Crippen LogP contribution in [0.5, 0.6) is 0 Å². The minimum atomic E-state index is 0.343. The van der Waals surface area contributed by atoms with Crippen LogP contribution >= 0.6 is 0 Å². The summed E-state index contributed by atoms with van der Waals surface area (Å²) in [5, 5.41) is 11.2. The van der Waals surface area contributed by atoms with E-state index in [4.69, 9.17) is 0 Å². The second-order valence-corrected chi connectivity index (χ2v) is 6.25. The normalized spacial score (nSPS) is 11.4. The fourth-order valence-electron chi connectivity index (χ4n) is 3.07. The van der Waals surface area contributed by atoms with Gasteiger partial charge < -0.3 is 4.90 Å². The van der Waals surface area contributed by atoms with E-state index in [-0.39, 0.29) is 0 Å². The molecule has 0 fully saturated rings. The Morgan fingerprint density at radius 3 is 2.17 bits per heavy atom. The van der Waals surface area contributed by atoms with E-state index in [9.17, 15) is 0 Å². The molecule has 3 aromatic rings. The highest BCUT2D eigenvalue weighted by molar-refractivity contribution is 5.99. The van der Waals surface area contributed by atoms with E-state index < -0.39 is 0 Å². The lowest BCUT2D eigenvalue weighted by Gasteiger charge is -2.32. The fraction of sp³-hybridized carbons (Fsp3) is 0.316. The third-order valence-corrected chi connectivity index (χ3v) is 3.97. The van der Waals surface area contributed by atoms with Gasteiger partial charge in [-0.25, -0.2) is 0 Å². The summed E-state index contributed by atoms with van der Waals surface area (Å²) in [5.41, 5.74) is 1.97. The monoisotopic (exact) mass is 306 g/mol. The van der Waals surface area contributed by atoms with E-state index >= 15 is 0 Å². The number of benzene rings is 1. The predicted molar refractivity (Wildman–Crippen MR) is 95.5 cm³/mol. The molecule has 0 radical (unpaired) electrons. The van der Waals surface area contributed by atoms with Crippen LogP contribution < -0.4 is 4.90 Å². The summed E-state index contributed by atoms with van der Waals surface area (Å²) in [6, 6.07) is 12.9. The summed E-state index contributed by atoms with van der Waals surface area (Å²) in [5.74, 6) is 0.901. The number of anilines is 1. The molecule has 3 rings (SSSR count). The zero-order valence-electron chi connectivity index (χ0n) is 14.1. The first-order valence-corrected chi connectivity index (χ1v) is 8.03. The minimum Gasteiger partial charge on any atom is -0.350 e. The van der Waals surface area contributed by atoms with Gasteiger partial charge in [-0.15, -0.1) is 10.2 Å². The van der Waals surface area contributed by atoms with E-state index in [1.807, 2.05) is 36.7 Å². The van der Waals surface area contributed by atoms with Crippen molar-refractivity contribution in [3.05, 3.63) is 48.8 Å². The number of rotatable bonds is 4. The van der Waals surface area contributed by atoms with Crippen molar-refractivity contribution in [2.45, 2.75) is 39.8 Å². The summed E-state index contributed by atoms with van der Waals surface area (Å²) in [6.45, 7) is 8.70. The maximum absolute atomic E-state index is 4.56. The van der Waals surface area contributed by atoms with Gasteiger partial charge in [0.25, 0.3) is 0 Å². The summed E-state index contributed by atoms with van der Waals surface area (Å²) in [7, 11) is 0. The Morgan fingerprint density at radius 2 is 1.52 bits per heavy atom. The lowest BCUT2D eigenvalue weighted by atomic mass is 10.1. The second kappa shape index (κ2) is 6.32. The van der Waals surface area contributed by atoms with Crippen LogP contribution in [0.25, 0.3) is 22.0 Å². The highest BCUT2D eigenvalue weighted by atomic mass is 15.3. The molecule has 2 aromatic heterocycles. The Hall–Kier alpha value is -2.49. The largest absolute Gasteiger partial charge is 0.350 e. The first-order chi connectivity index (χ1) is 11.1. The molecule has 0 aliphatic heterocycles. The summed E-state index contributed by atoms with van der Waals surface area (Å²) >= 11 is 0. The molecule has 4 nitrogen and oxygen atoms in total. The molecule has 0 bridgehead atoms. The molecule has 0 saturated heterocycles. The number of hydrogen-bond donors (Lipinski definition) is 0. The first kappa shape index (κ1) is 15.4. The molecule has 0 saturated carbocycles. The molecule has 2 heterocycles. The molecule has 0 N–H and O–H groups in total.